The van der Waals surface area contributed by atoms with Crippen molar-refractivity contribution >= 4 is 31.4 Å². The number of sulfonamides is 2. The van der Waals surface area contributed by atoms with Crippen LogP contribution < -0.4 is 5.14 Å². The number of rotatable bonds is 10. The first kappa shape index (κ1) is 22.6. The minimum atomic E-state index is -4.05. The molecule has 1 aromatic rings. The van der Waals surface area contributed by atoms with Crippen LogP contribution in [0.15, 0.2) is 14.5 Å². The summed E-state index contributed by atoms with van der Waals surface area (Å²) in [6.07, 6.45) is -1.11. The van der Waals surface area contributed by atoms with Crippen LogP contribution >= 0.6 is 11.3 Å². The topological polar surface area (TPSA) is 139 Å². The van der Waals surface area contributed by atoms with E-state index in [9.17, 15) is 21.9 Å². The van der Waals surface area contributed by atoms with Crippen LogP contribution in [0, 0.1) is 0 Å². The fourth-order valence-electron chi connectivity index (χ4n) is 2.69. The lowest BCUT2D eigenvalue weighted by Crippen LogP contribution is -2.44. The zero-order chi connectivity index (χ0) is 20.2. The monoisotopic (exact) mass is 443 g/mol. The third-order valence-electron chi connectivity index (χ3n) is 4.18. The molecule has 0 amide bonds. The predicted molar refractivity (Wildman–Crippen MR) is 99.6 cm³/mol. The van der Waals surface area contributed by atoms with Gasteiger partial charge in [-0.15, -0.1) is 11.3 Å². The van der Waals surface area contributed by atoms with Gasteiger partial charge in [0.1, 0.15) is 8.42 Å². The van der Waals surface area contributed by atoms with E-state index >= 15 is 0 Å². The molecule has 0 spiro atoms. The summed E-state index contributed by atoms with van der Waals surface area (Å²) in [5.41, 5.74) is 0.0795. The fourth-order valence-corrected chi connectivity index (χ4v) is 6.93. The Morgan fingerprint density at radius 1 is 1.30 bits per heavy atom. The highest BCUT2D eigenvalue weighted by atomic mass is 32.3. The number of hydrogen-bond acceptors (Lipinski definition) is 9. The molecular formula is C14H25N3O7S3. The number of primary sulfonamides is 1. The van der Waals surface area contributed by atoms with Crippen molar-refractivity contribution in [3.63, 3.8) is 0 Å². The highest BCUT2D eigenvalue weighted by molar-refractivity contribution is 7.94. The van der Waals surface area contributed by atoms with Gasteiger partial charge in [-0.2, -0.15) is 4.31 Å². The molecule has 0 aliphatic carbocycles. The molecule has 13 heteroatoms. The lowest BCUT2D eigenvalue weighted by atomic mass is 10.2. The maximum Gasteiger partial charge on any atom is 0.253 e. The molecule has 0 radical (unpaired) electrons. The molecule has 1 atom stereocenters. The van der Waals surface area contributed by atoms with Gasteiger partial charge in [-0.25, -0.2) is 22.0 Å². The van der Waals surface area contributed by atoms with Crippen LogP contribution in [-0.4, -0.2) is 91.3 Å². The number of hydrogen-bond donors (Lipinski definition) is 2. The summed E-state index contributed by atoms with van der Waals surface area (Å²) in [7, 11) is -4.79. The second kappa shape index (κ2) is 9.24. The number of nitrogens with two attached hydrogens (primary N) is 1. The first-order chi connectivity index (χ1) is 12.6. The minimum absolute atomic E-state index is 0.0795. The van der Waals surface area contributed by atoms with E-state index in [1.165, 1.54) is 0 Å². The van der Waals surface area contributed by atoms with Crippen molar-refractivity contribution in [3.05, 3.63) is 11.6 Å². The predicted octanol–water partition coefficient (Wildman–Crippen LogP) is -0.972. The first-order valence-corrected chi connectivity index (χ1v) is 12.0. The summed E-state index contributed by atoms with van der Waals surface area (Å²) in [6, 6.07) is 1.14. The number of aliphatic hydroxyl groups is 1. The molecule has 0 aromatic carbocycles. The van der Waals surface area contributed by atoms with E-state index in [1.807, 2.05) is 4.90 Å². The number of methoxy groups -OCH3 is 2. The Kier molecular flexibility index (Phi) is 7.75. The lowest BCUT2D eigenvalue weighted by molar-refractivity contribution is 0.102. The highest BCUT2D eigenvalue weighted by Gasteiger charge is 2.39. The van der Waals surface area contributed by atoms with Crippen molar-refractivity contribution in [2.45, 2.75) is 14.5 Å². The van der Waals surface area contributed by atoms with Gasteiger partial charge in [-0.1, -0.05) is 0 Å². The molecule has 10 nitrogen and oxygen atoms in total. The van der Waals surface area contributed by atoms with E-state index in [0.29, 0.717) is 44.2 Å². The van der Waals surface area contributed by atoms with Gasteiger partial charge >= 0.3 is 0 Å². The molecule has 156 valence electrons. The number of fused-ring (bicyclic) bond motifs is 1. The summed E-state index contributed by atoms with van der Waals surface area (Å²) < 4.78 is 59.6. The number of thiophene rings is 1. The van der Waals surface area contributed by atoms with Crippen LogP contribution in [0.3, 0.4) is 0 Å². The molecular weight excluding hydrogens is 418 g/mol. The lowest BCUT2D eigenvalue weighted by Gasteiger charge is -2.31. The fraction of sp³-hybridized carbons (Fsp3) is 0.714. The zero-order valence-electron chi connectivity index (χ0n) is 15.2. The highest BCUT2D eigenvalue weighted by Crippen LogP contribution is 2.39. The van der Waals surface area contributed by atoms with E-state index in [1.54, 1.807) is 14.2 Å². The van der Waals surface area contributed by atoms with E-state index < -0.39 is 26.2 Å². The normalized spacial score (nSPS) is 20.1. The largest absolute Gasteiger partial charge is 0.387 e. The van der Waals surface area contributed by atoms with Crippen LogP contribution in [0.2, 0.25) is 0 Å². The summed E-state index contributed by atoms with van der Waals surface area (Å²) in [6.45, 7) is 2.62. The maximum absolute atomic E-state index is 12.9. The van der Waals surface area contributed by atoms with Crippen molar-refractivity contribution in [1.29, 1.82) is 0 Å². The maximum atomic E-state index is 12.9. The molecule has 2 heterocycles. The number of aliphatic hydroxyl groups excluding tert-OH is 1. The summed E-state index contributed by atoms with van der Waals surface area (Å²) in [4.78, 5) is 1.99. The van der Waals surface area contributed by atoms with E-state index in [0.717, 1.165) is 10.4 Å². The molecule has 0 fully saturated rings. The van der Waals surface area contributed by atoms with Crippen molar-refractivity contribution in [2.75, 3.05) is 60.2 Å². The van der Waals surface area contributed by atoms with E-state index in [2.05, 4.69) is 0 Å². The Morgan fingerprint density at radius 3 is 2.41 bits per heavy atom. The van der Waals surface area contributed by atoms with Crippen molar-refractivity contribution in [2.24, 2.45) is 5.14 Å². The van der Waals surface area contributed by atoms with Gasteiger partial charge in [0, 0.05) is 52.5 Å². The van der Waals surface area contributed by atoms with Gasteiger partial charge in [-0.3, -0.25) is 4.90 Å². The molecule has 1 aliphatic heterocycles. The van der Waals surface area contributed by atoms with Crippen molar-refractivity contribution in [1.82, 2.24) is 9.21 Å². The van der Waals surface area contributed by atoms with E-state index in [4.69, 9.17) is 14.6 Å². The van der Waals surface area contributed by atoms with Gasteiger partial charge in [0.15, 0.2) is 0 Å². The molecule has 0 saturated heterocycles. The zero-order valence-corrected chi connectivity index (χ0v) is 17.6. The Morgan fingerprint density at radius 2 is 1.89 bits per heavy atom. The van der Waals surface area contributed by atoms with Gasteiger partial charge in [0.25, 0.3) is 10.0 Å². The van der Waals surface area contributed by atoms with Gasteiger partial charge in [-0.05, 0) is 6.07 Å². The van der Waals surface area contributed by atoms with Crippen LogP contribution in [0.5, 0.6) is 0 Å². The molecule has 1 aromatic heterocycles. The van der Waals surface area contributed by atoms with Gasteiger partial charge < -0.3 is 14.6 Å². The van der Waals surface area contributed by atoms with Crippen LogP contribution in [-0.2, 0) is 29.5 Å². The first-order valence-electron chi connectivity index (χ1n) is 8.16. The smallest absolute Gasteiger partial charge is 0.253 e. The molecule has 27 heavy (non-hydrogen) atoms. The second-order valence-corrected chi connectivity index (χ2v) is 11.0. The minimum Gasteiger partial charge on any atom is -0.387 e. The average molecular weight is 444 g/mol. The Balaban J connectivity index is 2.18. The molecule has 2 rings (SSSR count). The van der Waals surface area contributed by atoms with Crippen molar-refractivity contribution in [3.8, 4) is 0 Å². The van der Waals surface area contributed by atoms with Crippen LogP contribution in [0.25, 0.3) is 0 Å². The number of ether oxygens (including phenoxy) is 2. The summed E-state index contributed by atoms with van der Waals surface area (Å²) in [5.74, 6) is 0. The Hall–Kier alpha value is -0.640. The molecule has 0 bridgehead atoms. The van der Waals surface area contributed by atoms with Gasteiger partial charge in [0.05, 0.1) is 19.3 Å². The summed E-state index contributed by atoms with van der Waals surface area (Å²) in [5, 5.41) is 15.4. The average Bonchev–Trinajstić information content (AvgIpc) is 3.06. The Bertz CT molecular complexity index is 830. The third-order valence-corrected chi connectivity index (χ3v) is 9.14. The van der Waals surface area contributed by atoms with Crippen LogP contribution in [0.1, 0.15) is 11.7 Å². The number of β-amino-alcohol motifs (C(OH)–C–C–N with tert-alkyl or cyclic N) is 1. The molecule has 0 saturated carbocycles. The SMILES string of the molecule is COCCN(CCOC)CCN1CC(O)c2cc(S(N)(=O)=O)sc2S1(=O)=O. The standard InChI is InChI=1S/C14H25N3O7S3/c1-23-7-5-16(6-8-24-2)3-4-17-10-12(18)11-9-13(26(15,19)20)25-14(11)27(17,21)22/h9,12,18H,3-8,10H2,1-2H3,(H2,15,19,20). The quantitative estimate of drug-likeness (QED) is 0.471. The number of nitrogens with zero attached hydrogens (tertiary/aromatic N) is 2. The molecule has 1 unspecified atom stereocenters. The summed E-state index contributed by atoms with van der Waals surface area (Å²) >= 11 is 0.563. The molecule has 3 N–H and O–H groups in total. The van der Waals surface area contributed by atoms with Crippen LogP contribution in [0.4, 0.5) is 0 Å². The second-order valence-electron chi connectivity index (χ2n) is 6.06. The molecule has 1 aliphatic rings. The third kappa shape index (κ3) is 5.46. The van der Waals surface area contributed by atoms with E-state index in [-0.39, 0.29) is 27.1 Å². The van der Waals surface area contributed by atoms with Crippen molar-refractivity contribution < 1.29 is 31.4 Å². The Labute approximate surface area is 163 Å². The van der Waals surface area contributed by atoms with Gasteiger partial charge in [0.2, 0.25) is 10.0 Å².